The van der Waals surface area contributed by atoms with Gasteiger partial charge in [-0.25, -0.2) is 9.18 Å². The molecular weight excluding hydrogens is 503 g/mol. The number of alkyl halides is 6. The van der Waals surface area contributed by atoms with Crippen LogP contribution >= 0.6 is 0 Å². The first-order valence-electron chi connectivity index (χ1n) is 11.9. The number of carbonyl (C=O) groups excluding carboxylic acids is 1. The van der Waals surface area contributed by atoms with Crippen molar-refractivity contribution in [1.82, 2.24) is 15.1 Å². The average Bonchev–Trinajstić information content (AvgIpc) is 2.81. The molecule has 0 saturated carbocycles. The first kappa shape index (κ1) is 28.7. The third kappa shape index (κ3) is 6.37. The van der Waals surface area contributed by atoms with E-state index >= 15 is 0 Å². The van der Waals surface area contributed by atoms with Crippen molar-refractivity contribution in [3.8, 4) is 0 Å². The molecule has 2 amide bonds. The number of amides is 2. The van der Waals surface area contributed by atoms with E-state index in [0.717, 1.165) is 16.9 Å². The van der Waals surface area contributed by atoms with E-state index < -0.39 is 47.4 Å². The number of hydrogen-bond donors (Lipinski definition) is 1. The summed E-state index contributed by atoms with van der Waals surface area (Å²) in [5.41, 5.74) is -1.76. The van der Waals surface area contributed by atoms with E-state index in [1.54, 1.807) is 24.9 Å². The van der Waals surface area contributed by atoms with Gasteiger partial charge in [0, 0.05) is 13.6 Å². The van der Waals surface area contributed by atoms with Crippen LogP contribution in [0.25, 0.3) is 0 Å². The zero-order chi connectivity index (χ0) is 27.7. The summed E-state index contributed by atoms with van der Waals surface area (Å²) in [6.45, 7) is 4.03. The van der Waals surface area contributed by atoms with Crippen LogP contribution in [0.4, 0.5) is 35.5 Å². The summed E-state index contributed by atoms with van der Waals surface area (Å²) >= 11 is 0. The van der Waals surface area contributed by atoms with Crippen molar-refractivity contribution < 1.29 is 35.5 Å². The van der Waals surface area contributed by atoms with Gasteiger partial charge in [0.05, 0.1) is 23.2 Å². The molecule has 0 spiro atoms. The molecule has 3 rings (SSSR count). The quantitative estimate of drug-likeness (QED) is 0.422. The lowest BCUT2D eigenvalue weighted by Gasteiger charge is -2.44. The summed E-state index contributed by atoms with van der Waals surface area (Å²) in [6, 6.07) is 3.59. The van der Waals surface area contributed by atoms with Gasteiger partial charge >= 0.3 is 18.4 Å². The summed E-state index contributed by atoms with van der Waals surface area (Å²) < 4.78 is 94.1. The molecule has 4 nitrogen and oxygen atoms in total. The summed E-state index contributed by atoms with van der Waals surface area (Å²) in [5, 5.41) is 3.11. The molecule has 0 aromatic heterocycles. The number of hydrogen-bond acceptors (Lipinski definition) is 2. The van der Waals surface area contributed by atoms with Crippen molar-refractivity contribution in [2.45, 2.75) is 51.1 Å². The van der Waals surface area contributed by atoms with Gasteiger partial charge in [0.1, 0.15) is 5.82 Å². The molecule has 0 aliphatic carbocycles. The molecule has 1 aliphatic heterocycles. The molecule has 1 saturated heterocycles. The van der Waals surface area contributed by atoms with E-state index in [2.05, 4.69) is 5.32 Å². The fourth-order valence-corrected chi connectivity index (χ4v) is 4.97. The molecule has 0 bridgehead atoms. The Morgan fingerprint density at radius 2 is 1.68 bits per heavy atom. The minimum Gasteiger partial charge on any atom is -0.321 e. The maximum atomic E-state index is 13.8. The molecule has 1 fully saturated rings. The third-order valence-corrected chi connectivity index (χ3v) is 6.99. The van der Waals surface area contributed by atoms with E-state index in [4.69, 9.17) is 0 Å². The number of likely N-dealkylation sites (tertiary alicyclic amines) is 1. The molecule has 37 heavy (non-hydrogen) atoms. The van der Waals surface area contributed by atoms with Gasteiger partial charge in [0.15, 0.2) is 0 Å². The van der Waals surface area contributed by atoms with E-state index in [0.29, 0.717) is 37.2 Å². The van der Waals surface area contributed by atoms with Crippen LogP contribution in [0.3, 0.4) is 0 Å². The minimum atomic E-state index is -4.99. The van der Waals surface area contributed by atoms with E-state index in [1.165, 1.54) is 26.1 Å². The number of benzene rings is 2. The summed E-state index contributed by atoms with van der Waals surface area (Å²) in [7, 11) is 3.13. The molecule has 1 aliphatic rings. The maximum Gasteiger partial charge on any atom is 0.416 e. The van der Waals surface area contributed by atoms with E-state index in [1.807, 2.05) is 0 Å². The van der Waals surface area contributed by atoms with Crippen molar-refractivity contribution >= 4 is 6.03 Å². The Bertz CT molecular complexity index is 1080. The molecule has 2 aromatic carbocycles. The number of nitrogens with zero attached hydrogens (tertiary/aromatic N) is 2. The van der Waals surface area contributed by atoms with Crippen molar-refractivity contribution in [2.75, 3.05) is 27.2 Å². The van der Waals surface area contributed by atoms with Crippen molar-refractivity contribution in [2.24, 2.45) is 5.92 Å². The summed E-state index contributed by atoms with van der Waals surface area (Å²) in [5.74, 6) is -0.447. The second kappa shape index (κ2) is 10.9. The average molecular weight is 534 g/mol. The predicted octanol–water partition coefficient (Wildman–Crippen LogP) is 6.96. The number of urea groups is 1. The number of piperidine rings is 1. The normalized spacial score (nSPS) is 19.6. The van der Waals surface area contributed by atoms with Crippen LogP contribution in [0.15, 0.2) is 36.4 Å². The first-order chi connectivity index (χ1) is 17.1. The van der Waals surface area contributed by atoms with E-state index in [-0.39, 0.29) is 17.5 Å². The van der Waals surface area contributed by atoms with Crippen LogP contribution in [0.2, 0.25) is 0 Å². The monoisotopic (exact) mass is 533 g/mol. The van der Waals surface area contributed by atoms with Crippen LogP contribution in [-0.2, 0) is 12.4 Å². The Balaban J connectivity index is 2.00. The lowest BCUT2D eigenvalue weighted by Crippen LogP contribution is -2.50. The lowest BCUT2D eigenvalue weighted by molar-refractivity contribution is -0.143. The number of aryl methyl sites for hydroxylation is 1. The van der Waals surface area contributed by atoms with Crippen LogP contribution < -0.4 is 5.32 Å². The summed E-state index contributed by atoms with van der Waals surface area (Å²) in [4.78, 5) is 16.4. The lowest BCUT2D eigenvalue weighted by atomic mass is 9.83. The molecule has 3 atom stereocenters. The number of carbonyl (C=O) groups is 1. The fraction of sp³-hybridized carbons (Fsp3) is 0.500. The zero-order valence-corrected chi connectivity index (χ0v) is 21.0. The minimum absolute atomic E-state index is 0.0269. The van der Waals surface area contributed by atoms with Crippen LogP contribution in [0.5, 0.6) is 0 Å². The van der Waals surface area contributed by atoms with Gasteiger partial charge in [-0.3, -0.25) is 0 Å². The third-order valence-electron chi connectivity index (χ3n) is 6.99. The Morgan fingerprint density at radius 3 is 2.19 bits per heavy atom. The molecule has 11 heteroatoms. The molecule has 0 radical (unpaired) electrons. The van der Waals surface area contributed by atoms with Crippen molar-refractivity contribution in [3.05, 3.63) is 70.0 Å². The topological polar surface area (TPSA) is 35.6 Å². The van der Waals surface area contributed by atoms with Gasteiger partial charge in [-0.15, -0.1) is 0 Å². The largest absolute Gasteiger partial charge is 0.416 e. The smallest absolute Gasteiger partial charge is 0.321 e. The van der Waals surface area contributed by atoms with Gasteiger partial charge < -0.3 is 15.1 Å². The highest BCUT2D eigenvalue weighted by molar-refractivity contribution is 5.75. The SMILES string of the molecule is CNC[C@@H]1CCCN(C(=O)N(C)[C@H](C)c2cc(C(F)(F)F)cc(C(F)(F)F)c2)[C@H]1c1ccc(F)cc1C. The van der Waals surface area contributed by atoms with Gasteiger partial charge in [-0.2, -0.15) is 26.3 Å². The second-order valence-electron chi connectivity index (χ2n) is 9.51. The molecule has 0 unspecified atom stereocenters. The Hall–Kier alpha value is -2.82. The number of nitrogens with one attached hydrogen (secondary N) is 1. The first-order valence-corrected chi connectivity index (χ1v) is 11.9. The molecule has 2 aromatic rings. The number of rotatable bonds is 5. The van der Waals surface area contributed by atoms with Crippen LogP contribution in [-0.4, -0.2) is 43.0 Å². The fourth-order valence-electron chi connectivity index (χ4n) is 4.97. The zero-order valence-electron chi connectivity index (χ0n) is 21.0. The summed E-state index contributed by atoms with van der Waals surface area (Å²) in [6.07, 6.45) is -8.53. The van der Waals surface area contributed by atoms with Gasteiger partial charge in [0.2, 0.25) is 0 Å². The van der Waals surface area contributed by atoms with Crippen LogP contribution in [0.1, 0.15) is 59.7 Å². The Kier molecular flexibility index (Phi) is 8.46. The van der Waals surface area contributed by atoms with Crippen molar-refractivity contribution in [3.63, 3.8) is 0 Å². The molecule has 1 heterocycles. The highest BCUT2D eigenvalue weighted by Gasteiger charge is 2.40. The van der Waals surface area contributed by atoms with Crippen LogP contribution in [0, 0.1) is 18.7 Å². The second-order valence-corrected chi connectivity index (χ2v) is 9.51. The highest BCUT2D eigenvalue weighted by atomic mass is 19.4. The maximum absolute atomic E-state index is 13.8. The van der Waals surface area contributed by atoms with Crippen molar-refractivity contribution in [1.29, 1.82) is 0 Å². The molecule has 1 N–H and O–H groups in total. The molecular formula is C26H30F7N3O. The van der Waals surface area contributed by atoms with Gasteiger partial charge in [-0.1, -0.05) is 6.07 Å². The molecule has 204 valence electrons. The van der Waals surface area contributed by atoms with E-state index in [9.17, 15) is 35.5 Å². The Labute approximate surface area is 211 Å². The predicted molar refractivity (Wildman–Crippen MR) is 125 cm³/mol. The highest BCUT2D eigenvalue weighted by Crippen LogP contribution is 2.41. The Morgan fingerprint density at radius 1 is 1.08 bits per heavy atom. The number of halogens is 7. The standard InChI is InChI=1S/C26H30F7N3O/c1-15-10-21(27)7-8-22(15)23-17(14-34-3)6-5-9-36(23)24(37)35(4)16(2)18-11-19(25(28,29)30)13-20(12-18)26(31,32)33/h7-8,10-13,16-17,23,34H,5-6,9,14H2,1-4H3/t16-,17+,23-/m1/s1. The van der Waals surface area contributed by atoms with Gasteiger partial charge in [0.25, 0.3) is 0 Å². The van der Waals surface area contributed by atoms with Gasteiger partial charge in [-0.05, 0) is 93.2 Å².